The van der Waals surface area contributed by atoms with Gasteiger partial charge in [-0.05, 0) is 70.7 Å². The zero-order valence-corrected chi connectivity index (χ0v) is 27.4. The van der Waals surface area contributed by atoms with E-state index in [0.29, 0.717) is 86.5 Å². The van der Waals surface area contributed by atoms with E-state index in [1.54, 1.807) is 0 Å². The van der Waals surface area contributed by atoms with Crippen LogP contribution in [0.15, 0.2) is 42.5 Å². The summed E-state index contributed by atoms with van der Waals surface area (Å²) < 4.78 is 43.7. The molecule has 0 bridgehead atoms. The number of hydrogen-bond acceptors (Lipinski definition) is 7. The molecular formula is C35H52O7. The van der Waals surface area contributed by atoms with Crippen LogP contribution in [0.2, 0.25) is 0 Å². The van der Waals surface area contributed by atoms with E-state index in [4.69, 9.17) is 33.2 Å². The Balaban J connectivity index is 2.93. The lowest BCUT2D eigenvalue weighted by Gasteiger charge is -2.33. The van der Waals surface area contributed by atoms with E-state index < -0.39 is 5.41 Å². The van der Waals surface area contributed by atoms with Gasteiger partial charge in [-0.2, -0.15) is 0 Å². The van der Waals surface area contributed by atoms with Crippen LogP contribution < -0.4 is 33.2 Å². The third kappa shape index (κ3) is 8.76. The molecule has 2 aromatic rings. The molecule has 0 heterocycles. The number of ether oxygens (including phenoxy) is 7. The molecule has 0 atom stereocenters. The fraction of sp³-hybridized carbons (Fsp3) is 0.543. The van der Waals surface area contributed by atoms with Crippen molar-refractivity contribution in [2.45, 2.75) is 80.6 Å². The minimum atomic E-state index is -0.643. The van der Waals surface area contributed by atoms with Gasteiger partial charge in [0, 0.05) is 16.5 Å². The molecule has 0 aliphatic heterocycles. The second kappa shape index (κ2) is 16.8. The van der Waals surface area contributed by atoms with Gasteiger partial charge in [0.05, 0.1) is 33.0 Å². The minimum Gasteiger partial charge on any atom is -0.490 e. The highest BCUT2D eigenvalue weighted by Gasteiger charge is 2.37. The Kier molecular flexibility index (Phi) is 13.9. The fourth-order valence-electron chi connectivity index (χ4n) is 4.41. The molecule has 0 saturated carbocycles. The van der Waals surface area contributed by atoms with Crippen LogP contribution in [0.3, 0.4) is 0 Å². The van der Waals surface area contributed by atoms with Crippen molar-refractivity contribution in [2.24, 2.45) is 0 Å². The first-order chi connectivity index (χ1) is 20.1. The maximum Gasteiger partial charge on any atom is 0.207 e. The van der Waals surface area contributed by atoms with Crippen LogP contribution in [0.4, 0.5) is 0 Å². The molecule has 0 fully saturated rings. The topological polar surface area (TPSA) is 64.6 Å². The Labute approximate surface area is 253 Å². The number of rotatable bonds is 20. The molecule has 0 aromatic heterocycles. The molecule has 0 aliphatic rings. The molecule has 2 aromatic carbocycles. The molecule has 2 rings (SSSR count). The van der Waals surface area contributed by atoms with Gasteiger partial charge in [0.1, 0.15) is 13.2 Å². The largest absolute Gasteiger partial charge is 0.490 e. The SMILES string of the molecule is C=C(C)COc1ccc(C(C)(C)c2cc(OCC)c(OCC(=C)C)c(OCC)c2OCC)c(OCCC)c1OCCC. The van der Waals surface area contributed by atoms with Crippen molar-refractivity contribution < 1.29 is 33.2 Å². The van der Waals surface area contributed by atoms with Crippen molar-refractivity contribution in [3.05, 3.63) is 53.6 Å². The third-order valence-electron chi connectivity index (χ3n) is 6.29. The van der Waals surface area contributed by atoms with Crippen LogP contribution in [0.25, 0.3) is 0 Å². The van der Waals surface area contributed by atoms with E-state index in [1.807, 2.05) is 52.8 Å². The summed E-state index contributed by atoms with van der Waals surface area (Å²) in [5.41, 5.74) is 2.95. The molecule has 0 unspecified atom stereocenters. The highest BCUT2D eigenvalue weighted by atomic mass is 16.6. The van der Waals surface area contributed by atoms with Crippen molar-refractivity contribution >= 4 is 0 Å². The Morgan fingerprint density at radius 2 is 1.07 bits per heavy atom. The fourth-order valence-corrected chi connectivity index (χ4v) is 4.41. The summed E-state index contributed by atoms with van der Waals surface area (Å²) in [5, 5.41) is 0. The predicted octanol–water partition coefficient (Wildman–Crippen LogP) is 8.70. The van der Waals surface area contributed by atoms with Crippen LogP contribution in [0.1, 0.15) is 86.3 Å². The van der Waals surface area contributed by atoms with E-state index in [1.165, 1.54) is 0 Å². The van der Waals surface area contributed by atoms with E-state index in [2.05, 4.69) is 40.9 Å². The molecule has 0 amide bonds. The van der Waals surface area contributed by atoms with E-state index in [-0.39, 0.29) is 0 Å². The van der Waals surface area contributed by atoms with Crippen molar-refractivity contribution in [3.63, 3.8) is 0 Å². The molecular weight excluding hydrogens is 532 g/mol. The molecule has 7 nitrogen and oxygen atoms in total. The normalized spacial score (nSPS) is 11.1. The Morgan fingerprint density at radius 1 is 0.571 bits per heavy atom. The Hall–Kier alpha value is -3.48. The van der Waals surface area contributed by atoms with E-state index in [9.17, 15) is 0 Å². The van der Waals surface area contributed by atoms with Gasteiger partial charge in [-0.3, -0.25) is 0 Å². The van der Waals surface area contributed by atoms with E-state index >= 15 is 0 Å². The second-order valence-electron chi connectivity index (χ2n) is 10.8. The highest BCUT2D eigenvalue weighted by molar-refractivity contribution is 5.68. The molecule has 0 aliphatic carbocycles. The van der Waals surface area contributed by atoms with Crippen LogP contribution in [0.5, 0.6) is 40.2 Å². The maximum atomic E-state index is 6.45. The summed E-state index contributed by atoms with van der Waals surface area (Å²) in [6.45, 7) is 29.2. The smallest absolute Gasteiger partial charge is 0.207 e. The van der Waals surface area contributed by atoms with Gasteiger partial charge in [0.25, 0.3) is 0 Å². The first-order valence-electron chi connectivity index (χ1n) is 15.1. The second-order valence-corrected chi connectivity index (χ2v) is 10.8. The molecule has 0 saturated heterocycles. The quantitative estimate of drug-likeness (QED) is 0.144. The van der Waals surface area contributed by atoms with Gasteiger partial charge in [-0.15, -0.1) is 0 Å². The van der Waals surface area contributed by atoms with Crippen LogP contribution in [-0.4, -0.2) is 46.2 Å². The third-order valence-corrected chi connectivity index (χ3v) is 6.29. The first kappa shape index (κ1) is 34.7. The van der Waals surface area contributed by atoms with Gasteiger partial charge < -0.3 is 33.2 Å². The van der Waals surface area contributed by atoms with Crippen LogP contribution in [-0.2, 0) is 5.41 Å². The Bertz CT molecular complexity index is 1180. The zero-order valence-electron chi connectivity index (χ0n) is 27.4. The van der Waals surface area contributed by atoms with Gasteiger partial charge in [-0.25, -0.2) is 0 Å². The highest BCUT2D eigenvalue weighted by Crippen LogP contribution is 2.54. The van der Waals surface area contributed by atoms with Gasteiger partial charge in [0.2, 0.25) is 17.2 Å². The van der Waals surface area contributed by atoms with Gasteiger partial charge in [0.15, 0.2) is 23.0 Å². The van der Waals surface area contributed by atoms with Crippen LogP contribution >= 0.6 is 0 Å². The van der Waals surface area contributed by atoms with Crippen molar-refractivity contribution in [3.8, 4) is 40.2 Å². The van der Waals surface area contributed by atoms with Crippen LogP contribution in [0, 0.1) is 0 Å². The van der Waals surface area contributed by atoms with Crippen molar-refractivity contribution in [1.82, 2.24) is 0 Å². The maximum absolute atomic E-state index is 6.45. The first-order valence-corrected chi connectivity index (χ1v) is 15.1. The number of hydrogen-bond donors (Lipinski definition) is 0. The number of benzene rings is 2. The average molecular weight is 585 g/mol. The summed E-state index contributed by atoms with van der Waals surface area (Å²) in [6, 6.07) is 5.98. The average Bonchev–Trinajstić information content (AvgIpc) is 2.94. The molecule has 42 heavy (non-hydrogen) atoms. The van der Waals surface area contributed by atoms with E-state index in [0.717, 1.165) is 35.1 Å². The summed E-state index contributed by atoms with van der Waals surface area (Å²) in [5.74, 6) is 4.05. The summed E-state index contributed by atoms with van der Waals surface area (Å²) >= 11 is 0. The van der Waals surface area contributed by atoms with Gasteiger partial charge >= 0.3 is 0 Å². The lowest BCUT2D eigenvalue weighted by atomic mass is 9.76. The summed E-state index contributed by atoms with van der Waals surface area (Å²) in [6.07, 6.45) is 1.68. The standard InChI is InChI=1S/C35H52O7/c1-12-19-39-30-26(17-18-28(41-22-24(6)7)32(30)40-20-13-2)35(10,11)27-21-29(36-14-3)33(42-23-25(8)9)34(38-16-5)31(27)37-15-4/h17-18,21H,6,8,12-16,19-20,22-23H2,1-5,7,9-11H3. The molecule has 0 spiro atoms. The Morgan fingerprint density at radius 3 is 1.62 bits per heavy atom. The van der Waals surface area contributed by atoms with Crippen molar-refractivity contribution in [2.75, 3.05) is 46.2 Å². The molecule has 7 heteroatoms. The summed E-state index contributed by atoms with van der Waals surface area (Å²) in [7, 11) is 0. The molecule has 0 radical (unpaired) electrons. The van der Waals surface area contributed by atoms with Gasteiger partial charge in [-0.1, -0.05) is 46.9 Å². The summed E-state index contributed by atoms with van der Waals surface area (Å²) in [4.78, 5) is 0. The van der Waals surface area contributed by atoms with Crippen molar-refractivity contribution in [1.29, 1.82) is 0 Å². The molecule has 0 N–H and O–H groups in total. The lowest BCUT2D eigenvalue weighted by Crippen LogP contribution is -2.23. The lowest BCUT2D eigenvalue weighted by molar-refractivity contribution is 0.240. The zero-order chi connectivity index (χ0) is 31.3. The molecule has 234 valence electrons. The monoisotopic (exact) mass is 584 g/mol. The predicted molar refractivity (Wildman–Crippen MR) is 171 cm³/mol. The minimum absolute atomic E-state index is 0.327.